The number of ether oxygens (including phenoxy) is 1. The summed E-state index contributed by atoms with van der Waals surface area (Å²) in [4.78, 5) is 26.2. The fraction of sp³-hybridized carbons (Fsp3) is 0.346. The predicted octanol–water partition coefficient (Wildman–Crippen LogP) is 5.84. The minimum Gasteiger partial charge on any atom is -0.493 e. The standard InChI is InChI=1S/C13H15NO.C9H8N2O2.2C2H6/c1-3-8-15-13-5-4-10(2)11-6-7-14-9-12(11)13;12-8-6-9(13)11(10-8)7-4-2-1-3-5-7;2*1-2/h4-7,9H,3,8H2,1-2H3;1-5H,6H2,(H,10,12);2*1-2H3. The second-order valence-corrected chi connectivity index (χ2v) is 6.43. The second kappa shape index (κ2) is 14.6. The van der Waals surface area contributed by atoms with Crippen LogP contribution in [-0.4, -0.2) is 23.4 Å². The van der Waals surface area contributed by atoms with Gasteiger partial charge in [-0.1, -0.05) is 58.9 Å². The van der Waals surface area contributed by atoms with Gasteiger partial charge in [0.15, 0.2) is 0 Å². The molecule has 1 N–H and O–H groups in total. The van der Waals surface area contributed by atoms with Gasteiger partial charge in [0.2, 0.25) is 5.91 Å². The molecule has 172 valence electrons. The van der Waals surface area contributed by atoms with Crippen LogP contribution in [-0.2, 0) is 9.59 Å². The van der Waals surface area contributed by atoms with Crippen LogP contribution in [0.25, 0.3) is 10.8 Å². The fourth-order valence-electron chi connectivity index (χ4n) is 2.88. The summed E-state index contributed by atoms with van der Waals surface area (Å²) in [6.45, 7) is 13.0. The molecule has 0 radical (unpaired) electrons. The van der Waals surface area contributed by atoms with E-state index in [-0.39, 0.29) is 18.2 Å². The van der Waals surface area contributed by atoms with E-state index in [1.165, 1.54) is 16.0 Å². The number of hydrogen-bond donors (Lipinski definition) is 1. The van der Waals surface area contributed by atoms with Crippen LogP contribution in [0.5, 0.6) is 5.75 Å². The third-order valence-corrected chi connectivity index (χ3v) is 4.27. The zero-order chi connectivity index (χ0) is 23.9. The number of nitrogens with zero attached hydrogens (tertiary/aromatic N) is 2. The Balaban J connectivity index is 0.000000279. The zero-order valence-electron chi connectivity index (χ0n) is 20.0. The summed E-state index contributed by atoms with van der Waals surface area (Å²) in [7, 11) is 0. The average Bonchev–Trinajstić information content (AvgIpc) is 3.20. The number of rotatable bonds is 4. The Bertz CT molecular complexity index is 974. The summed E-state index contributed by atoms with van der Waals surface area (Å²) in [6, 6.07) is 15.2. The highest BCUT2D eigenvalue weighted by Gasteiger charge is 2.27. The van der Waals surface area contributed by atoms with E-state index in [0.29, 0.717) is 5.69 Å². The van der Waals surface area contributed by atoms with E-state index < -0.39 is 0 Å². The number of pyridine rings is 1. The minimum atomic E-state index is -0.256. The molecule has 3 aromatic rings. The molecule has 4 rings (SSSR count). The van der Waals surface area contributed by atoms with Crippen LogP contribution in [0.15, 0.2) is 60.9 Å². The van der Waals surface area contributed by atoms with Crippen molar-refractivity contribution in [2.75, 3.05) is 11.6 Å². The van der Waals surface area contributed by atoms with E-state index in [1.807, 2.05) is 70.4 Å². The third kappa shape index (κ3) is 7.38. The van der Waals surface area contributed by atoms with Crippen LogP contribution in [0.1, 0.15) is 53.0 Å². The maximum atomic E-state index is 11.2. The molecule has 1 aromatic heterocycles. The number of nitrogens with one attached hydrogen (secondary N) is 1. The molecule has 1 aliphatic heterocycles. The van der Waals surface area contributed by atoms with Crippen molar-refractivity contribution in [3.05, 3.63) is 66.5 Å². The van der Waals surface area contributed by atoms with Crippen LogP contribution in [0.3, 0.4) is 0 Å². The molecule has 0 unspecified atom stereocenters. The monoisotopic (exact) mass is 437 g/mol. The van der Waals surface area contributed by atoms with Crippen LogP contribution in [0.2, 0.25) is 0 Å². The highest BCUT2D eigenvalue weighted by Crippen LogP contribution is 2.27. The van der Waals surface area contributed by atoms with Gasteiger partial charge in [-0.15, -0.1) is 0 Å². The predicted molar refractivity (Wildman–Crippen MR) is 132 cm³/mol. The molecule has 0 spiro atoms. The van der Waals surface area contributed by atoms with Crippen molar-refractivity contribution in [2.45, 2.75) is 54.4 Å². The van der Waals surface area contributed by atoms with Gasteiger partial charge in [0, 0.05) is 17.8 Å². The molecular formula is C26H35N3O3. The van der Waals surface area contributed by atoms with Crippen LogP contribution < -0.4 is 15.2 Å². The maximum Gasteiger partial charge on any atom is 0.255 e. The van der Waals surface area contributed by atoms with E-state index in [4.69, 9.17) is 4.74 Å². The molecule has 2 amide bonds. The summed E-state index contributed by atoms with van der Waals surface area (Å²) in [5.41, 5.74) is 4.42. The summed E-state index contributed by atoms with van der Waals surface area (Å²) in [5.74, 6) is 0.468. The van der Waals surface area contributed by atoms with Gasteiger partial charge < -0.3 is 4.74 Å². The number of aryl methyl sites for hydroxylation is 1. The van der Waals surface area contributed by atoms with Crippen LogP contribution in [0, 0.1) is 6.92 Å². The maximum absolute atomic E-state index is 11.2. The fourth-order valence-corrected chi connectivity index (χ4v) is 2.88. The number of carbonyl (C=O) groups is 2. The Kier molecular flexibility index (Phi) is 12.1. The molecule has 6 nitrogen and oxygen atoms in total. The number of hydrogen-bond acceptors (Lipinski definition) is 4. The largest absolute Gasteiger partial charge is 0.493 e. The van der Waals surface area contributed by atoms with Crippen molar-refractivity contribution in [1.29, 1.82) is 0 Å². The first-order chi connectivity index (χ1) is 15.6. The highest BCUT2D eigenvalue weighted by atomic mass is 16.5. The summed E-state index contributed by atoms with van der Waals surface area (Å²) >= 11 is 0. The van der Waals surface area contributed by atoms with Gasteiger partial charge in [0.05, 0.1) is 12.3 Å². The number of aromatic nitrogens is 1. The van der Waals surface area contributed by atoms with Crippen molar-refractivity contribution in [1.82, 2.24) is 10.4 Å². The molecule has 0 saturated carbocycles. The van der Waals surface area contributed by atoms with Crippen molar-refractivity contribution in [3.63, 3.8) is 0 Å². The lowest BCUT2D eigenvalue weighted by Gasteiger charge is -2.14. The van der Waals surface area contributed by atoms with Crippen molar-refractivity contribution in [3.8, 4) is 5.75 Å². The van der Waals surface area contributed by atoms with Gasteiger partial charge in [0.1, 0.15) is 12.2 Å². The number of carbonyl (C=O) groups excluding carboxylic acids is 2. The molecule has 32 heavy (non-hydrogen) atoms. The van der Waals surface area contributed by atoms with Gasteiger partial charge in [-0.05, 0) is 48.6 Å². The van der Waals surface area contributed by atoms with E-state index in [2.05, 4.69) is 30.3 Å². The molecule has 1 aliphatic rings. The number of fused-ring (bicyclic) bond motifs is 1. The van der Waals surface area contributed by atoms with E-state index in [1.54, 1.807) is 12.1 Å². The normalized spacial score (nSPS) is 11.9. The Morgan fingerprint density at radius 1 is 0.969 bits per heavy atom. The number of hydrazine groups is 1. The topological polar surface area (TPSA) is 71.5 Å². The number of anilines is 1. The average molecular weight is 438 g/mol. The van der Waals surface area contributed by atoms with Gasteiger partial charge >= 0.3 is 0 Å². The van der Waals surface area contributed by atoms with Gasteiger partial charge in [-0.2, -0.15) is 0 Å². The van der Waals surface area contributed by atoms with Crippen LogP contribution in [0.4, 0.5) is 5.69 Å². The Morgan fingerprint density at radius 2 is 1.66 bits per heavy atom. The Morgan fingerprint density at radius 3 is 2.25 bits per heavy atom. The number of para-hydroxylation sites is 1. The number of amides is 2. The summed E-state index contributed by atoms with van der Waals surface area (Å²) < 4.78 is 5.68. The second-order valence-electron chi connectivity index (χ2n) is 6.43. The summed E-state index contributed by atoms with van der Waals surface area (Å²) in [6.07, 6.45) is 4.65. The van der Waals surface area contributed by atoms with Crippen molar-refractivity contribution < 1.29 is 14.3 Å². The highest BCUT2D eigenvalue weighted by molar-refractivity contribution is 6.11. The molecule has 2 heterocycles. The molecule has 6 heteroatoms. The van der Waals surface area contributed by atoms with Crippen molar-refractivity contribution in [2.24, 2.45) is 0 Å². The van der Waals surface area contributed by atoms with E-state index >= 15 is 0 Å². The Hall–Kier alpha value is -3.41. The molecule has 0 bridgehead atoms. The first-order valence-corrected chi connectivity index (χ1v) is 11.2. The quantitative estimate of drug-likeness (QED) is 0.521. The Labute approximate surface area is 191 Å². The lowest BCUT2D eigenvalue weighted by molar-refractivity contribution is -0.122. The van der Waals surface area contributed by atoms with E-state index in [9.17, 15) is 9.59 Å². The first-order valence-electron chi connectivity index (χ1n) is 11.2. The summed E-state index contributed by atoms with van der Waals surface area (Å²) in [5, 5.41) is 3.59. The zero-order valence-corrected chi connectivity index (χ0v) is 20.0. The third-order valence-electron chi connectivity index (χ3n) is 4.27. The molecule has 0 atom stereocenters. The lowest BCUT2D eigenvalue weighted by Crippen LogP contribution is -2.35. The number of benzene rings is 2. The van der Waals surface area contributed by atoms with Gasteiger partial charge in [0.25, 0.3) is 5.91 Å². The molecule has 0 aliphatic carbocycles. The van der Waals surface area contributed by atoms with Gasteiger partial charge in [-0.3, -0.25) is 20.0 Å². The van der Waals surface area contributed by atoms with Crippen molar-refractivity contribution >= 4 is 28.3 Å². The van der Waals surface area contributed by atoms with E-state index in [0.717, 1.165) is 24.2 Å². The van der Waals surface area contributed by atoms with Gasteiger partial charge in [-0.25, -0.2) is 5.01 Å². The smallest absolute Gasteiger partial charge is 0.255 e. The first kappa shape index (κ1) is 26.6. The SMILES string of the molecule is CC.CC.CCCOc1ccc(C)c2ccncc12.O=C1CC(=O)N(c2ccccc2)N1. The molecule has 2 aromatic carbocycles. The van der Waals surface area contributed by atoms with Crippen LogP contribution >= 0.6 is 0 Å². The molecule has 1 fully saturated rings. The minimum absolute atomic E-state index is 0.0606. The molecular weight excluding hydrogens is 402 g/mol. The molecule has 1 saturated heterocycles. The lowest BCUT2D eigenvalue weighted by atomic mass is 10.1.